The van der Waals surface area contributed by atoms with Crippen LogP contribution in [-0.4, -0.2) is 116 Å². The molecule has 56 heavy (non-hydrogen) atoms. The minimum Gasteiger partial charge on any atom is -0.444 e. The predicted octanol–water partition coefficient (Wildman–Crippen LogP) is 2.84. The van der Waals surface area contributed by atoms with Crippen LogP contribution in [-0.2, 0) is 51.7 Å². The molecule has 17 heteroatoms. The number of carbonyl (C=O) groups excluding carboxylic acids is 5. The van der Waals surface area contributed by atoms with Crippen molar-refractivity contribution >= 4 is 45.6 Å². The lowest BCUT2D eigenvalue weighted by atomic mass is 10.0. The highest BCUT2D eigenvalue weighted by molar-refractivity contribution is 7.91. The van der Waals surface area contributed by atoms with Crippen molar-refractivity contribution in [2.75, 3.05) is 37.7 Å². The molecular formula is C39H54N6O10S. The number of nitrogens with one attached hydrogen (secondary N) is 3. The third-order valence-electron chi connectivity index (χ3n) is 11.3. The van der Waals surface area contributed by atoms with Crippen LogP contribution in [0.2, 0.25) is 0 Å². The molecule has 0 spiro atoms. The molecular weight excluding hydrogens is 745 g/mol. The van der Waals surface area contributed by atoms with Gasteiger partial charge < -0.3 is 34.6 Å². The molecule has 5 amide bonds. The molecule has 7 rings (SSSR count). The molecule has 0 radical (unpaired) electrons. The van der Waals surface area contributed by atoms with Gasteiger partial charge in [-0.1, -0.05) is 31.1 Å². The minimum absolute atomic E-state index is 0.0665. The quantitative estimate of drug-likeness (QED) is 0.359. The fourth-order valence-corrected chi connectivity index (χ4v) is 9.41. The number of hydrogen-bond acceptors (Lipinski definition) is 11. The highest BCUT2D eigenvalue weighted by Crippen LogP contribution is 2.46. The molecule has 1 aromatic rings. The second kappa shape index (κ2) is 15.9. The molecule has 1 aromatic carbocycles. The van der Waals surface area contributed by atoms with Gasteiger partial charge in [-0.05, 0) is 82.6 Å². The Morgan fingerprint density at radius 1 is 1.00 bits per heavy atom. The molecule has 4 heterocycles. The Labute approximate surface area is 328 Å². The fourth-order valence-electron chi connectivity index (χ4n) is 8.04. The van der Waals surface area contributed by atoms with Crippen LogP contribution < -0.4 is 20.3 Å². The van der Waals surface area contributed by atoms with Crippen molar-refractivity contribution in [3.8, 4) is 0 Å². The molecule has 3 N–H and O–H groups in total. The summed E-state index contributed by atoms with van der Waals surface area (Å²) in [4.78, 5) is 74.2. The highest BCUT2D eigenvalue weighted by Gasteiger charge is 2.62. The molecule has 4 fully saturated rings. The van der Waals surface area contributed by atoms with Gasteiger partial charge in [-0.25, -0.2) is 18.0 Å². The van der Waals surface area contributed by atoms with E-state index in [4.69, 9.17) is 14.2 Å². The van der Waals surface area contributed by atoms with Gasteiger partial charge in [0.1, 0.15) is 29.3 Å². The number of carbonyl (C=O) groups is 5. The Kier molecular flexibility index (Phi) is 11.3. The largest absolute Gasteiger partial charge is 0.444 e. The maximum Gasteiger partial charge on any atom is 0.410 e. The molecule has 0 bridgehead atoms. The monoisotopic (exact) mass is 798 g/mol. The van der Waals surface area contributed by atoms with E-state index in [2.05, 4.69) is 26.3 Å². The van der Waals surface area contributed by atoms with Crippen molar-refractivity contribution < 1.29 is 46.6 Å². The zero-order chi connectivity index (χ0) is 39.8. The maximum atomic E-state index is 14.4. The molecule has 306 valence electrons. The smallest absolute Gasteiger partial charge is 0.410 e. The average Bonchev–Trinajstić information content (AvgIpc) is 4.03. The van der Waals surface area contributed by atoms with Gasteiger partial charge in [0.15, 0.2) is 0 Å². The molecule has 6 aliphatic rings. The van der Waals surface area contributed by atoms with Gasteiger partial charge in [0.05, 0.1) is 25.0 Å². The number of nitrogens with zero attached hydrogens (tertiary/aromatic N) is 3. The second-order valence-electron chi connectivity index (χ2n) is 16.9. The predicted molar refractivity (Wildman–Crippen MR) is 204 cm³/mol. The molecule has 2 aliphatic carbocycles. The average molecular weight is 799 g/mol. The maximum absolute atomic E-state index is 14.4. The summed E-state index contributed by atoms with van der Waals surface area (Å²) in [6.07, 6.45) is 5.64. The van der Waals surface area contributed by atoms with Crippen LogP contribution in [0.1, 0.15) is 89.7 Å². The van der Waals surface area contributed by atoms with E-state index in [0.717, 1.165) is 42.7 Å². The Hall–Kier alpha value is -4.38. The number of fused-ring (bicyclic) bond motifs is 3. The summed E-state index contributed by atoms with van der Waals surface area (Å²) in [5, 5.41) is 4.91. The summed E-state index contributed by atoms with van der Waals surface area (Å²) < 4.78 is 44.8. The number of rotatable bonds is 6. The van der Waals surface area contributed by atoms with Gasteiger partial charge >= 0.3 is 12.2 Å². The number of benzene rings is 1. The van der Waals surface area contributed by atoms with Gasteiger partial charge in [-0.2, -0.15) is 0 Å². The molecule has 4 aliphatic heterocycles. The van der Waals surface area contributed by atoms with Crippen LogP contribution in [0.15, 0.2) is 30.4 Å². The topological polar surface area (TPSA) is 193 Å². The van der Waals surface area contributed by atoms with E-state index >= 15 is 0 Å². The summed E-state index contributed by atoms with van der Waals surface area (Å²) in [6, 6.07) is 3.92. The van der Waals surface area contributed by atoms with E-state index in [-0.39, 0.29) is 25.8 Å². The first kappa shape index (κ1) is 39.8. The number of sulfonamides is 1. The van der Waals surface area contributed by atoms with Crippen molar-refractivity contribution in [2.24, 2.45) is 5.92 Å². The van der Waals surface area contributed by atoms with Gasteiger partial charge in [0, 0.05) is 44.2 Å². The van der Waals surface area contributed by atoms with Crippen LogP contribution in [0, 0.1) is 5.92 Å². The van der Waals surface area contributed by atoms with Crippen molar-refractivity contribution in [1.82, 2.24) is 25.2 Å². The lowest BCUT2D eigenvalue weighted by molar-refractivity contribution is -0.141. The number of hydrogen-bond donors (Lipinski definition) is 3. The van der Waals surface area contributed by atoms with Crippen molar-refractivity contribution in [3.63, 3.8) is 0 Å². The van der Waals surface area contributed by atoms with Crippen molar-refractivity contribution in [1.29, 1.82) is 0 Å². The molecule has 2 saturated carbocycles. The van der Waals surface area contributed by atoms with Crippen molar-refractivity contribution in [2.45, 2.75) is 126 Å². The SMILES string of the molecule is CC(C)(C)OC(=O)N[C@H]1CCCCC/C=C\[C@H]2C[C@@]2(C(=O)NS(=O)(=O)C2CC2)NC(=O)[C@@H]2C[C@@H](OC(=O)N3Cc4ccc(N5CCOCC5)cc4C3)CN2C1=O. The third kappa shape index (κ3) is 9.09. The van der Waals surface area contributed by atoms with Crippen LogP contribution in [0.25, 0.3) is 0 Å². The molecule has 0 aromatic heterocycles. The van der Waals surface area contributed by atoms with Gasteiger partial charge in [0.25, 0.3) is 5.91 Å². The summed E-state index contributed by atoms with van der Waals surface area (Å²) in [7, 11) is -3.91. The number of ether oxygens (including phenoxy) is 3. The number of morpholine rings is 1. The minimum atomic E-state index is -3.91. The van der Waals surface area contributed by atoms with Gasteiger partial charge in [-0.15, -0.1) is 0 Å². The van der Waals surface area contributed by atoms with Crippen LogP contribution >= 0.6 is 0 Å². The molecule has 5 atom stereocenters. The molecule has 0 unspecified atom stereocenters. The number of amides is 5. The summed E-state index contributed by atoms with van der Waals surface area (Å²) in [5.74, 6) is -2.49. The highest BCUT2D eigenvalue weighted by atomic mass is 32.2. The van der Waals surface area contributed by atoms with Crippen molar-refractivity contribution in [3.05, 3.63) is 41.5 Å². The summed E-state index contributed by atoms with van der Waals surface area (Å²) in [6.45, 7) is 8.57. The Morgan fingerprint density at radius 3 is 2.48 bits per heavy atom. The zero-order valence-electron chi connectivity index (χ0n) is 32.4. The third-order valence-corrected chi connectivity index (χ3v) is 13.2. The van der Waals surface area contributed by atoms with Gasteiger partial charge in [0.2, 0.25) is 21.8 Å². The van der Waals surface area contributed by atoms with E-state index in [1.54, 1.807) is 25.7 Å². The fraction of sp³-hybridized carbons (Fsp3) is 0.667. The molecule has 16 nitrogen and oxygen atoms in total. The Bertz CT molecular complexity index is 1860. The first-order valence-corrected chi connectivity index (χ1v) is 21.4. The molecule has 2 saturated heterocycles. The van der Waals surface area contributed by atoms with E-state index in [1.807, 2.05) is 24.3 Å². The van der Waals surface area contributed by atoms with Gasteiger partial charge in [-0.3, -0.25) is 24.0 Å². The number of allylic oxidation sites excluding steroid dienone is 1. The first-order chi connectivity index (χ1) is 26.6. The number of alkyl carbamates (subject to hydrolysis) is 1. The Morgan fingerprint density at radius 2 is 1.75 bits per heavy atom. The normalized spacial score (nSPS) is 29.1. The van der Waals surface area contributed by atoms with Crippen LogP contribution in [0.4, 0.5) is 15.3 Å². The number of anilines is 1. The van der Waals surface area contributed by atoms with E-state index in [0.29, 0.717) is 52.0 Å². The van der Waals surface area contributed by atoms with Crippen LogP contribution in [0.5, 0.6) is 0 Å². The van der Waals surface area contributed by atoms with E-state index in [1.165, 1.54) is 4.90 Å². The zero-order valence-corrected chi connectivity index (χ0v) is 33.2. The summed E-state index contributed by atoms with van der Waals surface area (Å²) >= 11 is 0. The lowest BCUT2D eigenvalue weighted by Gasteiger charge is -2.30. The standard InChI is InChI=1S/C39H54N6O10S/c1-38(2,3)55-36(49)40-31-10-8-6-4-5-7-9-27-21-39(27,35(48)42-56(51,52)30-13-14-30)41-33(46)32-20-29(24-45(32)34(31)47)54-37(50)44-22-25-11-12-28(19-26(25)23-44)43-15-17-53-18-16-43/h7,9,11-12,19,27,29-32H,4-6,8,10,13-18,20-24H2,1-3H3,(H,40,49)(H,41,46)(H,42,48)/b9-7-/t27-,29+,31-,32-,39+/m0/s1. The van der Waals surface area contributed by atoms with E-state index in [9.17, 15) is 32.4 Å². The van der Waals surface area contributed by atoms with E-state index < -0.39 is 80.4 Å². The Balaban J connectivity index is 1.10. The first-order valence-electron chi connectivity index (χ1n) is 19.9. The lowest BCUT2D eigenvalue weighted by Crippen LogP contribution is -2.58. The summed E-state index contributed by atoms with van der Waals surface area (Å²) in [5.41, 5.74) is 0.720. The van der Waals surface area contributed by atoms with Crippen LogP contribution in [0.3, 0.4) is 0 Å². The second-order valence-corrected chi connectivity index (χ2v) is 18.8.